The fourth-order valence-corrected chi connectivity index (χ4v) is 1.76. The zero-order valence-electron chi connectivity index (χ0n) is 9.01. The predicted molar refractivity (Wildman–Crippen MR) is 65.2 cm³/mol. The Balaban J connectivity index is 2.11. The molecule has 82 valence electrons. The Hall–Kier alpha value is -1.80. The Morgan fingerprint density at radius 3 is 2.44 bits per heavy atom. The molecule has 0 saturated heterocycles. The van der Waals surface area contributed by atoms with Crippen LogP contribution in [0.15, 0.2) is 54.6 Å². The van der Waals surface area contributed by atoms with Crippen LogP contribution in [-0.2, 0) is 6.42 Å². The summed E-state index contributed by atoms with van der Waals surface area (Å²) in [5.74, 6) is 0.290. The number of aromatic hydroxyl groups is 1. The number of phenols is 1. The molecule has 16 heavy (non-hydrogen) atoms. The van der Waals surface area contributed by atoms with Gasteiger partial charge in [0.1, 0.15) is 5.75 Å². The van der Waals surface area contributed by atoms with Gasteiger partial charge in [0.15, 0.2) is 0 Å². The molecule has 3 N–H and O–H groups in total. The summed E-state index contributed by atoms with van der Waals surface area (Å²) in [6.45, 7) is 0. The summed E-state index contributed by atoms with van der Waals surface area (Å²) in [4.78, 5) is 0. The zero-order chi connectivity index (χ0) is 11.4. The summed E-state index contributed by atoms with van der Waals surface area (Å²) >= 11 is 0. The van der Waals surface area contributed by atoms with E-state index in [1.807, 2.05) is 42.5 Å². The Kier molecular flexibility index (Phi) is 3.22. The summed E-state index contributed by atoms with van der Waals surface area (Å²) in [6, 6.07) is 17.2. The molecule has 0 bridgehead atoms. The molecule has 0 aliphatic rings. The summed E-state index contributed by atoms with van der Waals surface area (Å²) in [5.41, 5.74) is 8.26. The van der Waals surface area contributed by atoms with Gasteiger partial charge in [-0.15, -0.1) is 0 Å². The second kappa shape index (κ2) is 4.81. The van der Waals surface area contributed by atoms with Crippen LogP contribution in [0.4, 0.5) is 0 Å². The van der Waals surface area contributed by atoms with Crippen molar-refractivity contribution < 1.29 is 5.11 Å². The number of nitrogens with two attached hydrogens (primary N) is 1. The Bertz CT molecular complexity index is 453. The molecule has 0 aromatic heterocycles. The number of rotatable bonds is 3. The van der Waals surface area contributed by atoms with Gasteiger partial charge in [0, 0.05) is 6.04 Å². The van der Waals surface area contributed by atoms with E-state index in [1.165, 1.54) is 0 Å². The second-order valence-corrected chi connectivity index (χ2v) is 3.89. The molecule has 0 saturated carbocycles. The largest absolute Gasteiger partial charge is 0.508 e. The molecule has 0 aliphatic heterocycles. The highest BCUT2D eigenvalue weighted by molar-refractivity contribution is 5.29. The lowest BCUT2D eigenvalue weighted by Crippen LogP contribution is -2.12. The normalized spacial score (nSPS) is 12.3. The van der Waals surface area contributed by atoms with E-state index in [0.717, 1.165) is 17.5 Å². The zero-order valence-corrected chi connectivity index (χ0v) is 9.01. The molecule has 0 heterocycles. The first-order chi connectivity index (χ1) is 7.75. The van der Waals surface area contributed by atoms with Crippen molar-refractivity contribution >= 4 is 0 Å². The lowest BCUT2D eigenvalue weighted by molar-refractivity contribution is 0.474. The van der Waals surface area contributed by atoms with Crippen molar-refractivity contribution in [2.75, 3.05) is 0 Å². The summed E-state index contributed by atoms with van der Waals surface area (Å²) in [7, 11) is 0. The van der Waals surface area contributed by atoms with Crippen molar-refractivity contribution in [3.8, 4) is 5.75 Å². The van der Waals surface area contributed by atoms with E-state index < -0.39 is 0 Å². The molecule has 0 radical (unpaired) electrons. The molecule has 2 heteroatoms. The second-order valence-electron chi connectivity index (χ2n) is 3.89. The number of benzene rings is 2. The van der Waals surface area contributed by atoms with E-state index in [4.69, 9.17) is 5.73 Å². The van der Waals surface area contributed by atoms with Gasteiger partial charge in [-0.1, -0.05) is 42.5 Å². The van der Waals surface area contributed by atoms with Crippen LogP contribution < -0.4 is 5.73 Å². The highest BCUT2D eigenvalue weighted by Gasteiger charge is 2.06. The average molecular weight is 213 g/mol. The summed E-state index contributed by atoms with van der Waals surface area (Å²) < 4.78 is 0. The van der Waals surface area contributed by atoms with E-state index >= 15 is 0 Å². The molecular weight excluding hydrogens is 198 g/mol. The van der Waals surface area contributed by atoms with Gasteiger partial charge in [0.25, 0.3) is 0 Å². The number of phenolic OH excluding ortho intramolecular Hbond substituents is 1. The molecule has 2 nitrogen and oxygen atoms in total. The van der Waals surface area contributed by atoms with Crippen molar-refractivity contribution in [2.24, 2.45) is 5.73 Å². The monoisotopic (exact) mass is 213 g/mol. The van der Waals surface area contributed by atoms with Crippen LogP contribution in [-0.4, -0.2) is 5.11 Å². The van der Waals surface area contributed by atoms with Gasteiger partial charge >= 0.3 is 0 Å². The molecule has 0 aliphatic carbocycles. The fourth-order valence-electron chi connectivity index (χ4n) is 1.76. The maximum atomic E-state index is 9.36. The molecule has 2 aromatic carbocycles. The Morgan fingerprint density at radius 1 is 1.00 bits per heavy atom. The quantitative estimate of drug-likeness (QED) is 0.823. The molecule has 0 fully saturated rings. The van der Waals surface area contributed by atoms with Gasteiger partial charge in [-0.25, -0.2) is 0 Å². The standard InChI is InChI=1S/C14H15NO/c15-14(12-6-2-1-3-7-12)10-11-5-4-8-13(16)9-11/h1-9,14,16H,10,15H2. The third-order valence-corrected chi connectivity index (χ3v) is 2.59. The fraction of sp³-hybridized carbons (Fsp3) is 0.143. The SMILES string of the molecule is NC(Cc1cccc(O)c1)c1ccccc1. The van der Waals surface area contributed by atoms with Crippen LogP contribution >= 0.6 is 0 Å². The molecular formula is C14H15NO. The van der Waals surface area contributed by atoms with Crippen LogP contribution in [0.1, 0.15) is 17.2 Å². The third kappa shape index (κ3) is 2.61. The highest BCUT2D eigenvalue weighted by Crippen LogP contribution is 2.18. The minimum atomic E-state index is -0.0250. The van der Waals surface area contributed by atoms with Crippen molar-refractivity contribution in [3.63, 3.8) is 0 Å². The maximum Gasteiger partial charge on any atom is 0.115 e. The molecule has 2 aromatic rings. The van der Waals surface area contributed by atoms with E-state index in [9.17, 15) is 5.11 Å². The molecule has 1 atom stereocenters. The topological polar surface area (TPSA) is 46.2 Å². The van der Waals surface area contributed by atoms with Crippen molar-refractivity contribution in [3.05, 3.63) is 65.7 Å². The predicted octanol–water partition coefficient (Wildman–Crippen LogP) is 2.63. The van der Waals surface area contributed by atoms with Crippen LogP contribution in [0, 0.1) is 0 Å². The average Bonchev–Trinajstić information content (AvgIpc) is 2.30. The Labute approximate surface area is 95.4 Å². The van der Waals surface area contributed by atoms with Crippen molar-refractivity contribution in [1.82, 2.24) is 0 Å². The van der Waals surface area contributed by atoms with Gasteiger partial charge < -0.3 is 10.8 Å². The van der Waals surface area contributed by atoms with E-state index in [-0.39, 0.29) is 11.8 Å². The number of hydrogen-bond acceptors (Lipinski definition) is 2. The van der Waals surface area contributed by atoms with Gasteiger partial charge in [0.05, 0.1) is 0 Å². The lowest BCUT2D eigenvalue weighted by Gasteiger charge is -2.12. The van der Waals surface area contributed by atoms with E-state index in [0.29, 0.717) is 0 Å². The van der Waals surface area contributed by atoms with Crippen LogP contribution in [0.2, 0.25) is 0 Å². The smallest absolute Gasteiger partial charge is 0.115 e. The first kappa shape index (κ1) is 10.7. The number of hydrogen-bond donors (Lipinski definition) is 2. The first-order valence-electron chi connectivity index (χ1n) is 5.34. The minimum absolute atomic E-state index is 0.0250. The van der Waals surface area contributed by atoms with Crippen LogP contribution in [0.5, 0.6) is 5.75 Å². The van der Waals surface area contributed by atoms with Crippen molar-refractivity contribution in [1.29, 1.82) is 0 Å². The molecule has 0 amide bonds. The van der Waals surface area contributed by atoms with Gasteiger partial charge in [-0.3, -0.25) is 0 Å². The lowest BCUT2D eigenvalue weighted by atomic mass is 10.00. The summed E-state index contributed by atoms with van der Waals surface area (Å²) in [5, 5.41) is 9.36. The van der Waals surface area contributed by atoms with Gasteiger partial charge in [0.2, 0.25) is 0 Å². The highest BCUT2D eigenvalue weighted by atomic mass is 16.3. The third-order valence-electron chi connectivity index (χ3n) is 2.59. The Morgan fingerprint density at radius 2 is 1.75 bits per heavy atom. The van der Waals surface area contributed by atoms with Crippen LogP contribution in [0.3, 0.4) is 0 Å². The summed E-state index contributed by atoms with van der Waals surface area (Å²) in [6.07, 6.45) is 0.735. The maximum absolute atomic E-state index is 9.36. The van der Waals surface area contributed by atoms with E-state index in [1.54, 1.807) is 12.1 Å². The van der Waals surface area contributed by atoms with Crippen LogP contribution in [0.25, 0.3) is 0 Å². The van der Waals surface area contributed by atoms with Gasteiger partial charge in [-0.05, 0) is 29.7 Å². The first-order valence-corrected chi connectivity index (χ1v) is 5.34. The molecule has 0 spiro atoms. The van der Waals surface area contributed by atoms with Gasteiger partial charge in [-0.2, -0.15) is 0 Å². The van der Waals surface area contributed by atoms with Crippen molar-refractivity contribution in [2.45, 2.75) is 12.5 Å². The minimum Gasteiger partial charge on any atom is -0.508 e. The molecule has 1 unspecified atom stereocenters. The van der Waals surface area contributed by atoms with E-state index in [2.05, 4.69) is 0 Å². The molecule has 2 rings (SSSR count).